The summed E-state index contributed by atoms with van der Waals surface area (Å²) in [5.74, 6) is 0. The summed E-state index contributed by atoms with van der Waals surface area (Å²) in [6, 6.07) is 0. The van der Waals surface area contributed by atoms with Crippen LogP contribution in [0.25, 0.3) is 0 Å². The third-order valence-electron chi connectivity index (χ3n) is 4.88. The first-order valence-electron chi connectivity index (χ1n) is 9.48. The number of rotatable bonds is 14. The summed E-state index contributed by atoms with van der Waals surface area (Å²) >= 11 is -2.08. The second-order valence-electron chi connectivity index (χ2n) is 6.47. The zero-order chi connectivity index (χ0) is 16.0. The van der Waals surface area contributed by atoms with Gasteiger partial charge in [0.2, 0.25) is 0 Å². The van der Waals surface area contributed by atoms with Crippen LogP contribution in [0.4, 0.5) is 0 Å². The molecule has 1 atom stereocenters. The van der Waals surface area contributed by atoms with Crippen LogP contribution in [0, 0.1) is 0 Å². The van der Waals surface area contributed by atoms with Crippen LogP contribution in [-0.2, 0) is 4.74 Å². The van der Waals surface area contributed by atoms with Crippen LogP contribution in [0.5, 0.6) is 0 Å². The van der Waals surface area contributed by atoms with Crippen molar-refractivity contribution in [1.82, 2.24) is 0 Å². The van der Waals surface area contributed by atoms with E-state index in [2.05, 4.69) is 40.7 Å². The van der Waals surface area contributed by atoms with Crippen LogP contribution in [0.3, 0.4) is 0 Å². The molecule has 0 saturated heterocycles. The molecule has 2 heteroatoms. The van der Waals surface area contributed by atoms with Crippen LogP contribution in [0.1, 0.15) is 79.6 Å². The second-order valence-corrected chi connectivity index (χ2v) is 20.6. The standard InChI is InChI=1S/C7H13O.3C4H9.Sn/c1-3-5-6-7-8-4-2;3*1-3-4-2;/h5-7H,3-4H2,1-2H3;3*1,3-4H2,2H3;/b7-6-;;;;. The van der Waals surface area contributed by atoms with Gasteiger partial charge in [0.15, 0.2) is 0 Å². The zero-order valence-corrected chi connectivity index (χ0v) is 18.3. The summed E-state index contributed by atoms with van der Waals surface area (Å²) in [7, 11) is 0. The molecule has 0 aliphatic heterocycles. The molecule has 0 bridgehead atoms. The summed E-state index contributed by atoms with van der Waals surface area (Å²) in [5, 5.41) is 0. The van der Waals surface area contributed by atoms with Crippen LogP contribution in [0.2, 0.25) is 17.2 Å². The minimum atomic E-state index is -2.08. The zero-order valence-electron chi connectivity index (χ0n) is 15.4. The molecule has 126 valence electrons. The first-order valence-corrected chi connectivity index (χ1v) is 17.2. The number of ether oxygens (including phenoxy) is 1. The minimum absolute atomic E-state index is 0.800. The van der Waals surface area contributed by atoms with Crippen molar-refractivity contribution in [2.45, 2.75) is 96.8 Å². The van der Waals surface area contributed by atoms with Gasteiger partial charge in [0.05, 0.1) is 0 Å². The van der Waals surface area contributed by atoms with E-state index in [1.54, 1.807) is 13.3 Å². The van der Waals surface area contributed by atoms with Gasteiger partial charge in [-0.1, -0.05) is 0 Å². The van der Waals surface area contributed by atoms with Crippen LogP contribution >= 0.6 is 0 Å². The van der Waals surface area contributed by atoms with Crippen molar-refractivity contribution >= 4 is 18.4 Å². The summed E-state index contributed by atoms with van der Waals surface area (Å²) in [6.45, 7) is 12.3. The molecule has 0 aromatic carbocycles. The quantitative estimate of drug-likeness (QED) is 0.221. The molecular weight excluding hydrogens is 363 g/mol. The SMILES string of the molecule is CCC[CH2][Sn]([CH2]CCC)([CH2]CCC)[CH](/C=C\OCC)CC. The molecule has 1 nitrogen and oxygen atoms in total. The van der Waals surface area contributed by atoms with Gasteiger partial charge in [-0.25, -0.2) is 0 Å². The Bertz CT molecular complexity index is 228. The van der Waals surface area contributed by atoms with Crippen molar-refractivity contribution in [3.63, 3.8) is 0 Å². The average Bonchev–Trinajstić information content (AvgIpc) is 2.52. The summed E-state index contributed by atoms with van der Waals surface area (Å²) in [6.07, 6.45) is 14.3. The first-order chi connectivity index (χ1) is 10.2. The van der Waals surface area contributed by atoms with Gasteiger partial charge in [-0.15, -0.1) is 0 Å². The Balaban J connectivity index is 5.11. The molecule has 0 spiro atoms. The number of unbranched alkanes of at least 4 members (excludes halogenated alkanes) is 3. The Labute approximate surface area is 138 Å². The van der Waals surface area contributed by atoms with Crippen molar-refractivity contribution in [2.75, 3.05) is 6.61 Å². The van der Waals surface area contributed by atoms with Crippen molar-refractivity contribution in [3.8, 4) is 0 Å². The molecule has 0 aliphatic rings. The second kappa shape index (κ2) is 14.0. The molecule has 0 aromatic heterocycles. The van der Waals surface area contributed by atoms with E-state index in [4.69, 9.17) is 4.74 Å². The molecule has 0 rings (SSSR count). The molecule has 0 radical (unpaired) electrons. The number of hydrogen-bond acceptors (Lipinski definition) is 1. The molecule has 0 aromatic rings. The van der Waals surface area contributed by atoms with E-state index in [-0.39, 0.29) is 0 Å². The molecular formula is C19H40OSn. The Kier molecular flexibility index (Phi) is 14.2. The van der Waals surface area contributed by atoms with Crippen LogP contribution in [-0.4, -0.2) is 25.0 Å². The van der Waals surface area contributed by atoms with Crippen molar-refractivity contribution in [2.24, 2.45) is 0 Å². The van der Waals surface area contributed by atoms with E-state index < -0.39 is 18.4 Å². The van der Waals surface area contributed by atoms with Crippen LogP contribution < -0.4 is 0 Å². The summed E-state index contributed by atoms with van der Waals surface area (Å²) in [5.41, 5.74) is 0. The number of hydrogen-bond donors (Lipinski definition) is 0. The normalized spacial score (nSPS) is 13.8. The summed E-state index contributed by atoms with van der Waals surface area (Å²) < 4.78 is 11.2. The molecule has 0 aliphatic carbocycles. The maximum atomic E-state index is 5.53. The van der Waals surface area contributed by atoms with Gasteiger partial charge in [0.1, 0.15) is 0 Å². The van der Waals surface area contributed by atoms with Crippen LogP contribution in [0.15, 0.2) is 12.3 Å². The average molecular weight is 403 g/mol. The van der Waals surface area contributed by atoms with Gasteiger partial charge < -0.3 is 0 Å². The van der Waals surface area contributed by atoms with Crippen molar-refractivity contribution in [1.29, 1.82) is 0 Å². The van der Waals surface area contributed by atoms with E-state index in [0.29, 0.717) is 0 Å². The van der Waals surface area contributed by atoms with E-state index >= 15 is 0 Å². The molecule has 0 fully saturated rings. The Morgan fingerprint density at radius 3 is 1.62 bits per heavy atom. The van der Waals surface area contributed by atoms with Gasteiger partial charge in [-0.05, 0) is 0 Å². The van der Waals surface area contributed by atoms with E-state index in [1.807, 2.05) is 6.26 Å². The molecule has 1 unspecified atom stereocenters. The third-order valence-corrected chi connectivity index (χ3v) is 22.6. The molecule has 0 heterocycles. The van der Waals surface area contributed by atoms with E-state index in [0.717, 1.165) is 10.5 Å². The van der Waals surface area contributed by atoms with Gasteiger partial charge >= 0.3 is 139 Å². The molecule has 0 amide bonds. The predicted octanol–water partition coefficient (Wildman–Crippen LogP) is 7.17. The summed E-state index contributed by atoms with van der Waals surface area (Å²) in [4.78, 5) is 0. The third kappa shape index (κ3) is 8.52. The van der Waals surface area contributed by atoms with Gasteiger partial charge in [0, 0.05) is 0 Å². The fourth-order valence-corrected chi connectivity index (χ4v) is 21.8. The van der Waals surface area contributed by atoms with E-state index in [9.17, 15) is 0 Å². The van der Waals surface area contributed by atoms with E-state index in [1.165, 1.54) is 44.9 Å². The fraction of sp³-hybridized carbons (Fsp3) is 0.895. The first kappa shape index (κ1) is 21.3. The Morgan fingerprint density at radius 2 is 1.29 bits per heavy atom. The Hall–Kier alpha value is 0.339. The predicted molar refractivity (Wildman–Crippen MR) is 99.7 cm³/mol. The molecule has 0 N–H and O–H groups in total. The number of allylic oxidation sites excluding steroid dienone is 1. The monoisotopic (exact) mass is 404 g/mol. The van der Waals surface area contributed by atoms with Crippen molar-refractivity contribution < 1.29 is 4.74 Å². The van der Waals surface area contributed by atoms with Gasteiger partial charge in [-0.2, -0.15) is 0 Å². The Morgan fingerprint density at radius 1 is 0.810 bits per heavy atom. The van der Waals surface area contributed by atoms with Gasteiger partial charge in [0.25, 0.3) is 0 Å². The maximum absolute atomic E-state index is 5.53. The van der Waals surface area contributed by atoms with Gasteiger partial charge in [-0.3, -0.25) is 0 Å². The fourth-order valence-electron chi connectivity index (χ4n) is 3.54. The van der Waals surface area contributed by atoms with Crippen molar-refractivity contribution in [3.05, 3.63) is 12.3 Å². The molecule has 21 heavy (non-hydrogen) atoms. The topological polar surface area (TPSA) is 9.23 Å². The molecule has 0 saturated carbocycles.